The van der Waals surface area contributed by atoms with Crippen molar-refractivity contribution in [1.82, 2.24) is 5.32 Å². The molecule has 3 N–H and O–H groups in total. The maximum atomic E-state index is 11.2. The summed E-state index contributed by atoms with van der Waals surface area (Å²) in [4.78, 5) is 10.5. The van der Waals surface area contributed by atoms with Crippen LogP contribution >= 0.6 is 10.7 Å². The summed E-state index contributed by atoms with van der Waals surface area (Å²) in [6, 6.07) is 5.69. The van der Waals surface area contributed by atoms with Gasteiger partial charge in [0.15, 0.2) is 0 Å². The second-order valence-electron chi connectivity index (χ2n) is 3.09. The molecule has 0 atom stereocenters. The van der Waals surface area contributed by atoms with Gasteiger partial charge in [-0.05, 0) is 18.1 Å². The molecule has 5 nitrogen and oxygen atoms in total. The van der Waals surface area contributed by atoms with Gasteiger partial charge in [0.25, 0.3) is 9.05 Å². The number of amides is 2. The quantitative estimate of drug-likeness (QED) is 0.788. The van der Waals surface area contributed by atoms with E-state index in [1.165, 1.54) is 6.07 Å². The van der Waals surface area contributed by atoms with Crippen LogP contribution in [0.25, 0.3) is 0 Å². The molecule has 0 saturated heterocycles. The summed E-state index contributed by atoms with van der Waals surface area (Å²) in [6.45, 7) is 0.263. The Balaban J connectivity index is 2.84. The molecule has 0 aliphatic heterocycles. The van der Waals surface area contributed by atoms with Gasteiger partial charge in [0.1, 0.15) is 0 Å². The topological polar surface area (TPSA) is 89.3 Å². The van der Waals surface area contributed by atoms with Gasteiger partial charge in [-0.25, -0.2) is 13.2 Å². The molecule has 1 rings (SSSR count). The van der Waals surface area contributed by atoms with E-state index in [9.17, 15) is 13.2 Å². The van der Waals surface area contributed by atoms with Crippen LogP contribution in [0, 0.1) is 0 Å². The lowest BCUT2D eigenvalue weighted by Gasteiger charge is -2.06. The summed E-state index contributed by atoms with van der Waals surface area (Å²) in [6.07, 6.45) is 0.352. The van der Waals surface area contributed by atoms with Crippen LogP contribution < -0.4 is 11.1 Å². The van der Waals surface area contributed by atoms with Gasteiger partial charge in [-0.1, -0.05) is 18.2 Å². The first kappa shape index (κ1) is 12.8. The molecule has 1 aromatic rings. The van der Waals surface area contributed by atoms with Crippen molar-refractivity contribution in [1.29, 1.82) is 0 Å². The zero-order valence-corrected chi connectivity index (χ0v) is 9.88. The van der Waals surface area contributed by atoms with Crippen LogP contribution in [0.4, 0.5) is 4.79 Å². The molecule has 88 valence electrons. The molecule has 2 amide bonds. The second kappa shape index (κ2) is 5.18. The highest BCUT2D eigenvalue weighted by atomic mass is 35.7. The van der Waals surface area contributed by atoms with Crippen LogP contribution in [0.15, 0.2) is 29.2 Å². The molecule has 1 aromatic carbocycles. The molecule has 0 aliphatic carbocycles. The summed E-state index contributed by atoms with van der Waals surface area (Å²) in [5, 5.41) is 2.37. The molecule has 0 bridgehead atoms. The number of carbonyl (C=O) groups excluding carboxylic acids is 1. The minimum absolute atomic E-state index is 0.0583. The van der Waals surface area contributed by atoms with Crippen LogP contribution in [0.1, 0.15) is 5.56 Å². The van der Waals surface area contributed by atoms with Crippen molar-refractivity contribution in [3.8, 4) is 0 Å². The standard InChI is InChI=1S/C9H11ClN2O3S/c10-16(14,15)8-4-2-1-3-7(8)5-6-12-9(11)13/h1-4H,5-6H2,(H3,11,12,13). The highest BCUT2D eigenvalue weighted by Gasteiger charge is 2.14. The summed E-state index contributed by atoms with van der Waals surface area (Å²) < 4.78 is 22.4. The van der Waals surface area contributed by atoms with E-state index in [-0.39, 0.29) is 11.4 Å². The Morgan fingerprint density at radius 1 is 1.38 bits per heavy atom. The van der Waals surface area contributed by atoms with Crippen molar-refractivity contribution in [3.05, 3.63) is 29.8 Å². The molecule has 0 saturated carbocycles. The zero-order chi connectivity index (χ0) is 12.2. The Morgan fingerprint density at radius 3 is 2.56 bits per heavy atom. The highest BCUT2D eigenvalue weighted by Crippen LogP contribution is 2.19. The third kappa shape index (κ3) is 3.71. The Hall–Kier alpha value is -1.27. The van der Waals surface area contributed by atoms with Gasteiger partial charge >= 0.3 is 6.03 Å². The molecule has 0 fully saturated rings. The Kier molecular flexibility index (Phi) is 4.14. The Bertz CT molecular complexity index is 487. The summed E-state index contributed by atoms with van der Waals surface area (Å²) >= 11 is 0. The number of halogens is 1. The van der Waals surface area contributed by atoms with Crippen molar-refractivity contribution in [2.45, 2.75) is 11.3 Å². The Morgan fingerprint density at radius 2 is 2.00 bits per heavy atom. The molecule has 0 unspecified atom stereocenters. The average Bonchev–Trinajstić information content (AvgIpc) is 2.16. The Labute approximate surface area is 98.0 Å². The van der Waals surface area contributed by atoms with Crippen LogP contribution in [0.3, 0.4) is 0 Å². The van der Waals surface area contributed by atoms with E-state index in [4.69, 9.17) is 16.4 Å². The number of nitrogens with two attached hydrogens (primary N) is 1. The molecular weight excluding hydrogens is 252 g/mol. The molecule has 16 heavy (non-hydrogen) atoms. The fourth-order valence-corrected chi connectivity index (χ4v) is 2.44. The summed E-state index contributed by atoms with van der Waals surface area (Å²) in [5.41, 5.74) is 5.43. The normalized spacial score (nSPS) is 11.1. The van der Waals surface area contributed by atoms with Crippen LogP contribution in [0.5, 0.6) is 0 Å². The SMILES string of the molecule is NC(=O)NCCc1ccccc1S(=O)(=O)Cl. The van der Waals surface area contributed by atoms with Gasteiger partial charge in [-0.15, -0.1) is 0 Å². The predicted molar refractivity (Wildman–Crippen MR) is 60.8 cm³/mol. The van der Waals surface area contributed by atoms with Crippen molar-refractivity contribution in [2.75, 3.05) is 6.54 Å². The van der Waals surface area contributed by atoms with Crippen molar-refractivity contribution < 1.29 is 13.2 Å². The van der Waals surface area contributed by atoms with Crippen molar-refractivity contribution >= 4 is 25.8 Å². The molecule has 0 aliphatic rings. The van der Waals surface area contributed by atoms with E-state index in [1.54, 1.807) is 18.2 Å². The number of urea groups is 1. The molecule has 0 heterocycles. The lowest BCUT2D eigenvalue weighted by atomic mass is 10.1. The number of benzene rings is 1. The second-order valence-corrected chi connectivity index (χ2v) is 5.62. The van der Waals surface area contributed by atoms with Gasteiger partial charge in [-0.2, -0.15) is 0 Å². The lowest BCUT2D eigenvalue weighted by molar-refractivity contribution is 0.249. The van der Waals surface area contributed by atoms with Crippen LogP contribution in [-0.2, 0) is 15.5 Å². The third-order valence-electron chi connectivity index (χ3n) is 1.93. The maximum absolute atomic E-state index is 11.2. The van der Waals surface area contributed by atoms with E-state index in [0.29, 0.717) is 12.0 Å². The fourth-order valence-electron chi connectivity index (χ4n) is 1.27. The molecule has 0 spiro atoms. The van der Waals surface area contributed by atoms with Crippen molar-refractivity contribution in [3.63, 3.8) is 0 Å². The summed E-state index contributed by atoms with van der Waals surface area (Å²) in [5.74, 6) is 0. The third-order valence-corrected chi connectivity index (χ3v) is 3.35. The molecular formula is C9H11ClN2O3S. The van der Waals surface area contributed by atoms with E-state index in [1.807, 2.05) is 0 Å². The number of rotatable bonds is 4. The highest BCUT2D eigenvalue weighted by molar-refractivity contribution is 8.13. The first-order valence-corrected chi connectivity index (χ1v) is 6.78. The van der Waals surface area contributed by atoms with Crippen LogP contribution in [-0.4, -0.2) is 21.0 Å². The fraction of sp³-hybridized carbons (Fsp3) is 0.222. The molecule has 0 radical (unpaired) electrons. The van der Waals surface area contributed by atoms with Gasteiger partial charge in [0.05, 0.1) is 4.90 Å². The van der Waals surface area contributed by atoms with Crippen molar-refractivity contribution in [2.24, 2.45) is 5.73 Å². The van der Waals surface area contributed by atoms with E-state index >= 15 is 0 Å². The van der Waals surface area contributed by atoms with Crippen LogP contribution in [0.2, 0.25) is 0 Å². The molecule has 0 aromatic heterocycles. The average molecular weight is 263 g/mol. The first-order chi connectivity index (χ1) is 7.41. The van der Waals surface area contributed by atoms with Gasteiger partial charge in [0, 0.05) is 17.2 Å². The predicted octanol–water partition coefficient (Wildman–Crippen LogP) is 0.825. The van der Waals surface area contributed by atoms with E-state index < -0.39 is 15.1 Å². The van der Waals surface area contributed by atoms with E-state index in [0.717, 1.165) is 0 Å². The largest absolute Gasteiger partial charge is 0.352 e. The number of hydrogen-bond acceptors (Lipinski definition) is 3. The number of primary amides is 1. The van der Waals surface area contributed by atoms with Gasteiger partial charge in [-0.3, -0.25) is 0 Å². The number of hydrogen-bond donors (Lipinski definition) is 2. The van der Waals surface area contributed by atoms with Gasteiger partial charge < -0.3 is 11.1 Å². The monoisotopic (exact) mass is 262 g/mol. The first-order valence-electron chi connectivity index (χ1n) is 4.47. The number of nitrogens with one attached hydrogen (secondary N) is 1. The summed E-state index contributed by atoms with van der Waals surface area (Å²) in [7, 11) is 1.51. The lowest BCUT2D eigenvalue weighted by Crippen LogP contribution is -2.31. The molecule has 7 heteroatoms. The number of carbonyl (C=O) groups is 1. The minimum Gasteiger partial charge on any atom is -0.352 e. The zero-order valence-electron chi connectivity index (χ0n) is 8.31. The van der Waals surface area contributed by atoms with E-state index in [2.05, 4.69) is 5.32 Å². The maximum Gasteiger partial charge on any atom is 0.312 e. The van der Waals surface area contributed by atoms with Gasteiger partial charge in [0.2, 0.25) is 0 Å². The minimum atomic E-state index is -3.76. The smallest absolute Gasteiger partial charge is 0.312 e.